The molecule has 1 heterocycles. The standard InChI is InChI=1S/C18H22N2O3S/c1-19(11-14-6-4-3-5-7-14)12-18(21)15-8-9-17-16(10-15)13-24(22,23)20(17)2/h3-10,18,21H,11-13H2,1-2H3. The van der Waals surface area contributed by atoms with Crippen molar-refractivity contribution in [3.63, 3.8) is 0 Å². The molecule has 0 saturated carbocycles. The van der Waals surface area contributed by atoms with E-state index in [1.165, 1.54) is 9.87 Å². The molecular formula is C18H22N2O3S. The van der Waals surface area contributed by atoms with Crippen molar-refractivity contribution in [3.05, 3.63) is 65.2 Å². The van der Waals surface area contributed by atoms with E-state index in [0.717, 1.165) is 17.7 Å². The maximum atomic E-state index is 11.9. The Hall–Kier alpha value is -1.89. The zero-order chi connectivity index (χ0) is 17.3. The lowest BCUT2D eigenvalue weighted by atomic mass is 10.0. The number of hydrogen-bond acceptors (Lipinski definition) is 4. The molecule has 1 N–H and O–H groups in total. The summed E-state index contributed by atoms with van der Waals surface area (Å²) in [5.74, 6) is -0.000746. The molecule has 1 atom stereocenters. The number of likely N-dealkylation sites (N-methyl/N-ethyl adjacent to an activating group) is 1. The first-order valence-corrected chi connectivity index (χ1v) is 9.48. The molecule has 5 nitrogen and oxygen atoms in total. The fraction of sp³-hybridized carbons (Fsp3) is 0.333. The summed E-state index contributed by atoms with van der Waals surface area (Å²) in [4.78, 5) is 2.05. The summed E-state index contributed by atoms with van der Waals surface area (Å²) in [7, 11) is 0.272. The molecule has 1 unspecified atom stereocenters. The number of aliphatic hydroxyl groups is 1. The normalized spacial score (nSPS) is 17.1. The highest BCUT2D eigenvalue weighted by Crippen LogP contribution is 2.34. The second-order valence-electron chi connectivity index (χ2n) is 6.31. The average Bonchev–Trinajstić information content (AvgIpc) is 2.77. The van der Waals surface area contributed by atoms with Crippen LogP contribution in [0.3, 0.4) is 0 Å². The van der Waals surface area contributed by atoms with E-state index >= 15 is 0 Å². The maximum absolute atomic E-state index is 11.9. The fourth-order valence-corrected chi connectivity index (χ4v) is 4.33. The largest absolute Gasteiger partial charge is 0.387 e. The van der Waals surface area contributed by atoms with E-state index in [0.29, 0.717) is 12.2 Å². The van der Waals surface area contributed by atoms with Gasteiger partial charge >= 0.3 is 0 Å². The lowest BCUT2D eigenvalue weighted by Crippen LogP contribution is -2.24. The molecule has 1 aliphatic heterocycles. The smallest absolute Gasteiger partial charge is 0.239 e. The lowest BCUT2D eigenvalue weighted by molar-refractivity contribution is 0.124. The Morgan fingerprint density at radius 2 is 1.92 bits per heavy atom. The number of aliphatic hydroxyl groups excluding tert-OH is 1. The first kappa shape index (κ1) is 17.0. The van der Waals surface area contributed by atoms with Gasteiger partial charge in [0.2, 0.25) is 10.0 Å². The van der Waals surface area contributed by atoms with E-state index in [-0.39, 0.29) is 5.75 Å². The summed E-state index contributed by atoms with van der Waals surface area (Å²) in [6, 6.07) is 15.5. The Labute approximate surface area is 143 Å². The number of benzene rings is 2. The van der Waals surface area contributed by atoms with Crippen LogP contribution in [0.15, 0.2) is 48.5 Å². The van der Waals surface area contributed by atoms with E-state index in [9.17, 15) is 13.5 Å². The van der Waals surface area contributed by atoms with Gasteiger partial charge in [0.1, 0.15) is 0 Å². The Morgan fingerprint density at radius 1 is 1.21 bits per heavy atom. The molecule has 0 aromatic heterocycles. The average molecular weight is 346 g/mol. The zero-order valence-corrected chi connectivity index (χ0v) is 14.7. The monoisotopic (exact) mass is 346 g/mol. The topological polar surface area (TPSA) is 60.9 Å². The Kier molecular flexibility index (Phi) is 4.62. The summed E-state index contributed by atoms with van der Waals surface area (Å²) in [6.07, 6.45) is -0.655. The van der Waals surface area contributed by atoms with Crippen molar-refractivity contribution in [3.8, 4) is 0 Å². The van der Waals surface area contributed by atoms with Crippen LogP contribution in [0, 0.1) is 0 Å². The van der Waals surface area contributed by atoms with Crippen LogP contribution in [0.5, 0.6) is 0 Å². The third kappa shape index (κ3) is 3.45. The maximum Gasteiger partial charge on any atom is 0.239 e. The van der Waals surface area contributed by atoms with Gasteiger partial charge in [0.05, 0.1) is 17.5 Å². The van der Waals surface area contributed by atoms with Crippen molar-refractivity contribution >= 4 is 15.7 Å². The number of nitrogens with zero attached hydrogens (tertiary/aromatic N) is 2. The highest BCUT2D eigenvalue weighted by atomic mass is 32.2. The molecule has 0 bridgehead atoms. The third-order valence-electron chi connectivity index (χ3n) is 4.36. The van der Waals surface area contributed by atoms with Crippen molar-refractivity contribution in [2.75, 3.05) is 24.9 Å². The summed E-state index contributed by atoms with van der Waals surface area (Å²) in [5.41, 5.74) is 3.39. The van der Waals surface area contributed by atoms with Gasteiger partial charge in [-0.15, -0.1) is 0 Å². The molecule has 0 spiro atoms. The number of sulfonamides is 1. The minimum atomic E-state index is -3.25. The van der Waals surface area contributed by atoms with Crippen LogP contribution in [-0.2, 0) is 22.3 Å². The van der Waals surface area contributed by atoms with Crippen molar-refractivity contribution in [1.29, 1.82) is 0 Å². The van der Waals surface area contributed by atoms with Crippen molar-refractivity contribution in [1.82, 2.24) is 4.90 Å². The summed E-state index contributed by atoms with van der Waals surface area (Å²) in [5, 5.41) is 10.5. The first-order valence-electron chi connectivity index (χ1n) is 7.87. The molecule has 6 heteroatoms. The predicted molar refractivity (Wildman–Crippen MR) is 95.2 cm³/mol. The number of rotatable bonds is 5. The molecule has 128 valence electrons. The molecule has 2 aromatic rings. The summed E-state index contributed by atoms with van der Waals surface area (Å²) in [6.45, 7) is 1.23. The van der Waals surface area contributed by atoms with Crippen LogP contribution < -0.4 is 4.31 Å². The van der Waals surface area contributed by atoms with Crippen molar-refractivity contribution in [2.45, 2.75) is 18.4 Å². The van der Waals surface area contributed by atoms with Crippen LogP contribution in [0.1, 0.15) is 22.8 Å². The lowest BCUT2D eigenvalue weighted by Gasteiger charge is -2.21. The molecule has 0 radical (unpaired) electrons. The minimum Gasteiger partial charge on any atom is -0.387 e. The van der Waals surface area contributed by atoms with Gasteiger partial charge in [-0.3, -0.25) is 9.21 Å². The molecule has 2 aromatic carbocycles. The highest BCUT2D eigenvalue weighted by Gasteiger charge is 2.30. The Balaban J connectivity index is 1.69. The molecule has 0 aliphatic carbocycles. The van der Waals surface area contributed by atoms with E-state index in [2.05, 4.69) is 17.0 Å². The number of hydrogen-bond donors (Lipinski definition) is 1. The zero-order valence-electron chi connectivity index (χ0n) is 13.9. The van der Waals surface area contributed by atoms with Crippen molar-refractivity contribution < 1.29 is 13.5 Å². The SMILES string of the molecule is CN(Cc1ccccc1)CC(O)c1ccc2c(c1)CS(=O)(=O)N2C. The molecule has 0 fully saturated rings. The van der Waals surface area contributed by atoms with Gasteiger partial charge < -0.3 is 5.11 Å². The molecule has 24 heavy (non-hydrogen) atoms. The van der Waals surface area contributed by atoms with Gasteiger partial charge in [0.25, 0.3) is 0 Å². The van der Waals surface area contributed by atoms with Crippen molar-refractivity contribution in [2.24, 2.45) is 0 Å². The molecular weight excluding hydrogens is 324 g/mol. The van der Waals surface area contributed by atoms with E-state index in [1.54, 1.807) is 25.2 Å². The second kappa shape index (κ2) is 6.55. The summed E-state index contributed by atoms with van der Waals surface area (Å²) < 4.78 is 25.2. The Morgan fingerprint density at radius 3 is 2.62 bits per heavy atom. The molecule has 3 rings (SSSR count). The van der Waals surface area contributed by atoms with Gasteiger partial charge in [-0.25, -0.2) is 8.42 Å². The van der Waals surface area contributed by atoms with Gasteiger partial charge in [-0.05, 0) is 35.9 Å². The van der Waals surface area contributed by atoms with Gasteiger partial charge in [-0.1, -0.05) is 36.4 Å². The number of fused-ring (bicyclic) bond motifs is 1. The van der Waals surface area contributed by atoms with E-state index in [1.807, 2.05) is 25.2 Å². The number of anilines is 1. The quantitative estimate of drug-likeness (QED) is 0.901. The van der Waals surface area contributed by atoms with Gasteiger partial charge in [0, 0.05) is 20.1 Å². The van der Waals surface area contributed by atoms with Crippen LogP contribution >= 0.6 is 0 Å². The van der Waals surface area contributed by atoms with E-state index in [4.69, 9.17) is 0 Å². The first-order chi connectivity index (χ1) is 11.4. The predicted octanol–water partition coefficient (Wildman–Crippen LogP) is 2.13. The van der Waals surface area contributed by atoms with Gasteiger partial charge in [0.15, 0.2) is 0 Å². The van der Waals surface area contributed by atoms with Crippen LogP contribution in [0.25, 0.3) is 0 Å². The van der Waals surface area contributed by atoms with E-state index < -0.39 is 16.1 Å². The molecule has 0 amide bonds. The third-order valence-corrected chi connectivity index (χ3v) is 6.07. The highest BCUT2D eigenvalue weighted by molar-refractivity contribution is 7.92. The van der Waals surface area contributed by atoms with Gasteiger partial charge in [-0.2, -0.15) is 0 Å². The molecule has 1 aliphatic rings. The summed E-state index contributed by atoms with van der Waals surface area (Å²) >= 11 is 0. The fourth-order valence-electron chi connectivity index (χ4n) is 3.04. The second-order valence-corrected chi connectivity index (χ2v) is 8.31. The van der Waals surface area contributed by atoms with Crippen LogP contribution in [-0.4, -0.2) is 39.1 Å². The van der Waals surface area contributed by atoms with Crippen LogP contribution in [0.4, 0.5) is 5.69 Å². The Bertz CT molecular complexity index is 821. The minimum absolute atomic E-state index is 0.000746. The molecule has 0 saturated heterocycles. The van der Waals surface area contributed by atoms with Crippen LogP contribution in [0.2, 0.25) is 0 Å².